The second-order valence-electron chi connectivity index (χ2n) is 6.45. The van der Waals surface area contributed by atoms with E-state index >= 15 is 0 Å². The van der Waals surface area contributed by atoms with Crippen LogP contribution in [0.5, 0.6) is 0 Å². The van der Waals surface area contributed by atoms with Crippen LogP contribution in [0.2, 0.25) is 5.02 Å². The molecule has 0 aliphatic heterocycles. The molecule has 0 fully saturated rings. The Bertz CT molecular complexity index is 1110. The number of anilines is 1. The summed E-state index contributed by atoms with van der Waals surface area (Å²) in [4.78, 5) is 17.0. The van der Waals surface area contributed by atoms with Gasteiger partial charge in [0, 0.05) is 18.7 Å². The zero-order chi connectivity index (χ0) is 21.0. The van der Waals surface area contributed by atoms with Crippen LogP contribution in [0.4, 0.5) is 5.69 Å². The van der Waals surface area contributed by atoms with Crippen molar-refractivity contribution >= 4 is 54.8 Å². The molecule has 0 spiro atoms. The molecule has 3 aromatic rings. The van der Waals surface area contributed by atoms with E-state index in [-0.39, 0.29) is 10.8 Å². The van der Waals surface area contributed by atoms with Crippen molar-refractivity contribution in [2.24, 2.45) is 0 Å². The highest BCUT2D eigenvalue weighted by Gasteiger charge is 2.23. The Balaban J connectivity index is 1.79. The lowest BCUT2D eigenvalue weighted by Crippen LogP contribution is -2.31. The summed E-state index contributed by atoms with van der Waals surface area (Å²) in [6.45, 7) is 4.74. The number of sulfonamides is 1. The number of fused-ring (bicyclic) bond motifs is 1. The van der Waals surface area contributed by atoms with Gasteiger partial charge in [-0.2, -0.15) is 4.31 Å². The summed E-state index contributed by atoms with van der Waals surface area (Å²) in [6.07, 6.45) is 1.73. The summed E-state index contributed by atoms with van der Waals surface area (Å²) >= 11 is 7.51. The van der Waals surface area contributed by atoms with Crippen molar-refractivity contribution in [3.63, 3.8) is 0 Å². The first kappa shape index (κ1) is 21.7. The molecule has 154 valence electrons. The first-order chi connectivity index (χ1) is 13.9. The predicted octanol–water partition coefficient (Wildman–Crippen LogP) is 5.01. The van der Waals surface area contributed by atoms with Gasteiger partial charge in [-0.05, 0) is 42.8 Å². The number of hydrogen-bond donors (Lipinski definition) is 1. The number of nitrogens with one attached hydrogen (secondary N) is 1. The maximum atomic E-state index is 12.8. The smallest absolute Gasteiger partial charge is 0.255 e. The van der Waals surface area contributed by atoms with Crippen LogP contribution in [0, 0.1) is 0 Å². The van der Waals surface area contributed by atoms with Crippen LogP contribution in [-0.2, 0) is 10.0 Å². The molecule has 2 aromatic carbocycles. The highest BCUT2D eigenvalue weighted by atomic mass is 35.5. The number of unbranched alkanes of at least 4 members (excludes halogenated alkanes) is 1. The number of thiazole rings is 1. The molecule has 1 N–H and O–H groups in total. The third-order valence-corrected chi connectivity index (χ3v) is 7.70. The lowest BCUT2D eigenvalue weighted by molar-refractivity contribution is 0.102. The molecule has 3 rings (SSSR count). The minimum Gasteiger partial charge on any atom is -0.321 e. The molecule has 0 bridgehead atoms. The molecule has 9 heteroatoms. The summed E-state index contributed by atoms with van der Waals surface area (Å²) in [6, 6.07) is 9.41. The van der Waals surface area contributed by atoms with Crippen molar-refractivity contribution in [2.75, 3.05) is 18.4 Å². The fourth-order valence-electron chi connectivity index (χ4n) is 2.92. The molecule has 0 atom stereocenters. The maximum Gasteiger partial charge on any atom is 0.255 e. The highest BCUT2D eigenvalue weighted by molar-refractivity contribution is 7.89. The van der Waals surface area contributed by atoms with E-state index in [1.165, 1.54) is 39.9 Å². The number of carbonyl (C=O) groups excluding carboxylic acids is 1. The number of hydrogen-bond acceptors (Lipinski definition) is 5. The van der Waals surface area contributed by atoms with Crippen LogP contribution in [0.15, 0.2) is 46.8 Å². The summed E-state index contributed by atoms with van der Waals surface area (Å²) in [5.41, 5.74) is 3.30. The predicted molar refractivity (Wildman–Crippen MR) is 118 cm³/mol. The first-order valence-electron chi connectivity index (χ1n) is 9.31. The van der Waals surface area contributed by atoms with E-state index in [0.29, 0.717) is 34.9 Å². The lowest BCUT2D eigenvalue weighted by Gasteiger charge is -2.20. The number of nitrogens with zero attached hydrogens (tertiary/aromatic N) is 2. The minimum atomic E-state index is -3.57. The third-order valence-electron chi connectivity index (χ3n) is 4.55. The molecule has 0 unspecified atom stereocenters. The van der Waals surface area contributed by atoms with E-state index in [1.807, 2.05) is 13.8 Å². The SMILES string of the molecule is CCCCN(CC)S(=O)(=O)c1ccc(C(=O)Nc2ccc(Cl)c3ncsc23)cc1. The number of amides is 1. The molecule has 1 heterocycles. The number of halogens is 1. The molecule has 0 saturated carbocycles. The van der Waals surface area contributed by atoms with Crippen LogP contribution < -0.4 is 5.32 Å². The van der Waals surface area contributed by atoms with Crippen LogP contribution in [0.3, 0.4) is 0 Å². The van der Waals surface area contributed by atoms with E-state index < -0.39 is 10.0 Å². The van der Waals surface area contributed by atoms with Crippen molar-refractivity contribution in [3.05, 3.63) is 52.5 Å². The lowest BCUT2D eigenvalue weighted by atomic mass is 10.2. The van der Waals surface area contributed by atoms with Gasteiger partial charge in [0.05, 0.1) is 25.8 Å². The number of benzene rings is 2. The molecule has 1 aromatic heterocycles. The number of carbonyl (C=O) groups is 1. The molecule has 29 heavy (non-hydrogen) atoms. The van der Waals surface area contributed by atoms with Gasteiger partial charge in [0.1, 0.15) is 5.52 Å². The molecule has 1 amide bonds. The summed E-state index contributed by atoms with van der Waals surface area (Å²) in [5, 5.41) is 3.37. The van der Waals surface area contributed by atoms with Gasteiger partial charge in [-0.1, -0.05) is 31.9 Å². The Morgan fingerprint density at radius 3 is 2.55 bits per heavy atom. The van der Waals surface area contributed by atoms with Gasteiger partial charge < -0.3 is 5.32 Å². The van der Waals surface area contributed by atoms with Gasteiger partial charge in [0.2, 0.25) is 10.0 Å². The van der Waals surface area contributed by atoms with Crippen molar-refractivity contribution in [1.29, 1.82) is 0 Å². The molecule has 0 saturated heterocycles. The second kappa shape index (κ2) is 9.21. The number of aromatic nitrogens is 1. The summed E-state index contributed by atoms with van der Waals surface area (Å²) in [5.74, 6) is -0.329. The van der Waals surface area contributed by atoms with Crippen molar-refractivity contribution < 1.29 is 13.2 Å². The fraction of sp³-hybridized carbons (Fsp3) is 0.300. The van der Waals surface area contributed by atoms with Crippen LogP contribution >= 0.6 is 22.9 Å². The zero-order valence-corrected chi connectivity index (χ0v) is 18.6. The first-order valence-corrected chi connectivity index (χ1v) is 12.0. The second-order valence-corrected chi connectivity index (χ2v) is 9.65. The highest BCUT2D eigenvalue weighted by Crippen LogP contribution is 2.32. The fourth-order valence-corrected chi connectivity index (χ4v) is 5.46. The van der Waals surface area contributed by atoms with E-state index in [4.69, 9.17) is 11.6 Å². The van der Waals surface area contributed by atoms with Crippen molar-refractivity contribution in [1.82, 2.24) is 9.29 Å². The molecule has 0 radical (unpaired) electrons. The molecule has 0 aliphatic rings. The van der Waals surface area contributed by atoms with E-state index in [1.54, 1.807) is 17.6 Å². The molecule has 6 nitrogen and oxygen atoms in total. The molecule has 0 aliphatic carbocycles. The maximum absolute atomic E-state index is 12.8. The third kappa shape index (κ3) is 4.61. The van der Waals surface area contributed by atoms with Gasteiger partial charge in [0.25, 0.3) is 5.91 Å². The Hall–Kier alpha value is -2.00. The van der Waals surface area contributed by atoms with Crippen molar-refractivity contribution in [3.8, 4) is 0 Å². The Morgan fingerprint density at radius 2 is 1.90 bits per heavy atom. The monoisotopic (exact) mass is 451 g/mol. The largest absolute Gasteiger partial charge is 0.321 e. The van der Waals surface area contributed by atoms with Crippen LogP contribution in [0.1, 0.15) is 37.0 Å². The van der Waals surface area contributed by atoms with Gasteiger partial charge in [-0.3, -0.25) is 4.79 Å². The van der Waals surface area contributed by atoms with Gasteiger partial charge >= 0.3 is 0 Å². The average molecular weight is 452 g/mol. The molecular formula is C20H22ClN3O3S2. The summed E-state index contributed by atoms with van der Waals surface area (Å²) in [7, 11) is -3.57. The Kier molecular flexibility index (Phi) is 6.89. The average Bonchev–Trinajstić information content (AvgIpc) is 3.22. The zero-order valence-electron chi connectivity index (χ0n) is 16.2. The van der Waals surface area contributed by atoms with Gasteiger partial charge in [-0.25, -0.2) is 13.4 Å². The van der Waals surface area contributed by atoms with E-state index in [0.717, 1.165) is 17.5 Å². The molecular weight excluding hydrogens is 430 g/mol. The quantitative estimate of drug-likeness (QED) is 0.521. The van der Waals surface area contributed by atoms with Crippen molar-refractivity contribution in [2.45, 2.75) is 31.6 Å². The standard InChI is InChI=1S/C20H22ClN3O3S2/c1-3-5-12-24(4-2)29(26,27)15-8-6-14(7-9-15)20(25)23-17-11-10-16(21)18-19(17)28-13-22-18/h6-11,13H,3-5,12H2,1-2H3,(H,23,25). The normalized spacial score (nSPS) is 11.9. The summed E-state index contributed by atoms with van der Waals surface area (Å²) < 4.78 is 27.8. The van der Waals surface area contributed by atoms with E-state index in [9.17, 15) is 13.2 Å². The van der Waals surface area contributed by atoms with Crippen LogP contribution in [0.25, 0.3) is 10.2 Å². The van der Waals surface area contributed by atoms with Crippen LogP contribution in [-0.4, -0.2) is 36.7 Å². The number of rotatable bonds is 8. The van der Waals surface area contributed by atoms with E-state index in [2.05, 4.69) is 10.3 Å². The van der Waals surface area contributed by atoms with Gasteiger partial charge in [-0.15, -0.1) is 11.3 Å². The topological polar surface area (TPSA) is 79.4 Å². The van der Waals surface area contributed by atoms with Gasteiger partial charge in [0.15, 0.2) is 0 Å². The Morgan fingerprint density at radius 1 is 1.17 bits per heavy atom. The Labute approximate surface area is 179 Å². The minimum absolute atomic E-state index is 0.184.